The first-order valence-corrected chi connectivity index (χ1v) is 12.6. The molecule has 1 saturated heterocycles. The molecule has 1 fully saturated rings. The van der Waals surface area contributed by atoms with E-state index < -0.39 is 41.0 Å². The number of hydrogen-bond donors (Lipinski definition) is 0. The Morgan fingerprint density at radius 1 is 1.03 bits per heavy atom. The van der Waals surface area contributed by atoms with Crippen molar-refractivity contribution in [3.8, 4) is 27.1 Å². The topological polar surface area (TPSA) is 71.2 Å². The molecule has 12 heteroatoms. The Kier molecular flexibility index (Phi) is 7.20. The molecule has 0 spiro atoms. The number of nitriles is 1. The van der Waals surface area contributed by atoms with Gasteiger partial charge >= 0.3 is 6.18 Å². The lowest BCUT2D eigenvalue weighted by Crippen LogP contribution is -2.36. The lowest BCUT2D eigenvalue weighted by Gasteiger charge is -2.27. The number of rotatable bonds is 5. The van der Waals surface area contributed by atoms with Crippen molar-refractivity contribution in [2.75, 3.05) is 31.2 Å². The summed E-state index contributed by atoms with van der Waals surface area (Å²) in [6, 6.07) is 11.7. The highest BCUT2D eigenvalue weighted by Gasteiger charge is 2.37. The van der Waals surface area contributed by atoms with Gasteiger partial charge in [0.15, 0.2) is 0 Å². The molecule has 200 valence electrons. The van der Waals surface area contributed by atoms with E-state index in [1.165, 1.54) is 6.07 Å². The first kappa shape index (κ1) is 26.5. The molecule has 0 aliphatic carbocycles. The Morgan fingerprint density at radius 2 is 1.77 bits per heavy atom. The molecule has 1 aliphatic heterocycles. The van der Waals surface area contributed by atoms with E-state index in [9.17, 15) is 32.0 Å². The summed E-state index contributed by atoms with van der Waals surface area (Å²) in [4.78, 5) is 20.7. The summed E-state index contributed by atoms with van der Waals surface area (Å²) < 4.78 is 75.6. The van der Waals surface area contributed by atoms with Gasteiger partial charge in [0, 0.05) is 41.4 Å². The number of morpholine rings is 1. The van der Waals surface area contributed by atoms with Crippen molar-refractivity contribution in [1.29, 1.82) is 5.26 Å². The molecule has 3 aromatic heterocycles. The summed E-state index contributed by atoms with van der Waals surface area (Å²) in [6.07, 6.45) is -3.32. The lowest BCUT2D eigenvalue weighted by molar-refractivity contribution is -0.137. The van der Waals surface area contributed by atoms with Gasteiger partial charge in [0.1, 0.15) is 29.1 Å². The fraction of sp³-hybridized carbons (Fsp3) is 0.222. The van der Waals surface area contributed by atoms with Gasteiger partial charge in [0.05, 0.1) is 35.9 Å². The van der Waals surface area contributed by atoms with Crippen LogP contribution >= 0.6 is 11.3 Å². The Bertz CT molecular complexity index is 1620. The van der Waals surface area contributed by atoms with Gasteiger partial charge in [-0.2, -0.15) is 18.4 Å². The summed E-state index contributed by atoms with van der Waals surface area (Å²) in [5.74, 6) is -1.04. The standard InChI is InChI=1S/C27H19F5N4O2S/c28-18-3-1-17(21(29)11-18)15-36-22(12-20(27(30,31)32)19(13-33)26(36)37)24-5-4-23(39-24)16-2-6-25(34-14-16)35-7-9-38-10-8-35/h1-6,11-12,14H,7-10,15H2. The second-order valence-electron chi connectivity index (χ2n) is 8.72. The monoisotopic (exact) mass is 558 g/mol. The van der Waals surface area contributed by atoms with Gasteiger partial charge in [-0.1, -0.05) is 6.07 Å². The van der Waals surface area contributed by atoms with Crippen molar-refractivity contribution in [1.82, 2.24) is 9.55 Å². The number of ether oxygens (including phenoxy) is 1. The molecule has 0 unspecified atom stereocenters. The molecule has 5 rings (SSSR count). The fourth-order valence-electron chi connectivity index (χ4n) is 4.30. The van der Waals surface area contributed by atoms with E-state index in [1.54, 1.807) is 18.3 Å². The van der Waals surface area contributed by atoms with E-state index in [0.717, 1.165) is 39.9 Å². The number of nitrogens with zero attached hydrogens (tertiary/aromatic N) is 4. The molecule has 0 bridgehead atoms. The Hall–Kier alpha value is -4.08. The Morgan fingerprint density at radius 3 is 2.41 bits per heavy atom. The van der Waals surface area contributed by atoms with Gasteiger partial charge < -0.3 is 14.2 Å². The van der Waals surface area contributed by atoms with Crippen molar-refractivity contribution >= 4 is 17.2 Å². The summed E-state index contributed by atoms with van der Waals surface area (Å²) in [5, 5.41) is 9.37. The molecule has 0 N–H and O–H groups in total. The van der Waals surface area contributed by atoms with E-state index >= 15 is 0 Å². The van der Waals surface area contributed by atoms with E-state index in [1.807, 2.05) is 12.1 Å². The molecule has 39 heavy (non-hydrogen) atoms. The fourth-order valence-corrected chi connectivity index (χ4v) is 5.32. The molecule has 0 atom stereocenters. The van der Waals surface area contributed by atoms with Crippen molar-refractivity contribution in [3.05, 3.63) is 93.4 Å². The predicted octanol–water partition coefficient (Wildman–Crippen LogP) is 5.69. The van der Waals surface area contributed by atoms with Crippen LogP contribution in [0.15, 0.2) is 59.5 Å². The van der Waals surface area contributed by atoms with Gasteiger partial charge in [-0.05, 0) is 36.4 Å². The van der Waals surface area contributed by atoms with Crippen LogP contribution in [0.5, 0.6) is 0 Å². The second kappa shape index (κ2) is 10.6. The quantitative estimate of drug-likeness (QED) is 0.294. The van der Waals surface area contributed by atoms with Gasteiger partial charge in [-0.15, -0.1) is 11.3 Å². The van der Waals surface area contributed by atoms with E-state index in [0.29, 0.717) is 42.8 Å². The van der Waals surface area contributed by atoms with Crippen LogP contribution in [0.2, 0.25) is 0 Å². The maximum Gasteiger partial charge on any atom is 0.417 e. The van der Waals surface area contributed by atoms with Crippen LogP contribution in [0.25, 0.3) is 21.0 Å². The van der Waals surface area contributed by atoms with E-state index in [-0.39, 0.29) is 16.1 Å². The minimum absolute atomic E-state index is 0.122. The van der Waals surface area contributed by atoms with Crippen LogP contribution < -0.4 is 10.5 Å². The van der Waals surface area contributed by atoms with E-state index in [4.69, 9.17) is 4.74 Å². The molecule has 1 aromatic carbocycles. The Balaban J connectivity index is 1.58. The first-order chi connectivity index (χ1) is 18.7. The second-order valence-corrected chi connectivity index (χ2v) is 9.81. The maximum atomic E-state index is 14.4. The maximum absolute atomic E-state index is 14.4. The third-order valence-electron chi connectivity index (χ3n) is 6.29. The van der Waals surface area contributed by atoms with Crippen LogP contribution in [-0.2, 0) is 17.5 Å². The van der Waals surface area contributed by atoms with Crippen LogP contribution in [0.1, 0.15) is 16.7 Å². The van der Waals surface area contributed by atoms with Crippen LogP contribution in [0.3, 0.4) is 0 Å². The highest BCUT2D eigenvalue weighted by molar-refractivity contribution is 7.18. The minimum atomic E-state index is -4.97. The zero-order valence-corrected chi connectivity index (χ0v) is 21.0. The minimum Gasteiger partial charge on any atom is -0.378 e. The number of aromatic nitrogens is 2. The number of hydrogen-bond acceptors (Lipinski definition) is 6. The molecule has 0 radical (unpaired) electrons. The zero-order valence-electron chi connectivity index (χ0n) is 20.1. The third-order valence-corrected chi connectivity index (χ3v) is 7.44. The smallest absolute Gasteiger partial charge is 0.378 e. The Labute approximate surface area is 223 Å². The van der Waals surface area contributed by atoms with Crippen molar-refractivity contribution < 1.29 is 26.7 Å². The number of benzene rings is 1. The number of pyridine rings is 2. The number of halogens is 5. The zero-order chi connectivity index (χ0) is 27.7. The highest BCUT2D eigenvalue weighted by Crippen LogP contribution is 2.38. The predicted molar refractivity (Wildman–Crippen MR) is 135 cm³/mol. The number of thiophene rings is 1. The number of alkyl halides is 3. The normalized spacial score (nSPS) is 13.9. The molecule has 4 aromatic rings. The highest BCUT2D eigenvalue weighted by atomic mass is 32.1. The van der Waals surface area contributed by atoms with Gasteiger partial charge in [0.2, 0.25) is 0 Å². The molecular weight excluding hydrogens is 539 g/mol. The number of anilines is 1. The van der Waals surface area contributed by atoms with Crippen molar-refractivity contribution in [2.24, 2.45) is 0 Å². The molecule has 6 nitrogen and oxygen atoms in total. The van der Waals surface area contributed by atoms with Gasteiger partial charge in [0.25, 0.3) is 5.56 Å². The average molecular weight is 559 g/mol. The van der Waals surface area contributed by atoms with Crippen LogP contribution in [0, 0.1) is 23.0 Å². The third kappa shape index (κ3) is 5.41. The van der Waals surface area contributed by atoms with Crippen LogP contribution in [-0.4, -0.2) is 35.9 Å². The van der Waals surface area contributed by atoms with Crippen LogP contribution in [0.4, 0.5) is 27.8 Å². The summed E-state index contributed by atoms with van der Waals surface area (Å²) >= 11 is 1.12. The summed E-state index contributed by atoms with van der Waals surface area (Å²) in [5.41, 5.74) is -3.27. The van der Waals surface area contributed by atoms with Crippen molar-refractivity contribution in [2.45, 2.75) is 12.7 Å². The van der Waals surface area contributed by atoms with Gasteiger partial charge in [-0.3, -0.25) is 4.79 Å². The summed E-state index contributed by atoms with van der Waals surface area (Å²) in [6.45, 7) is 2.12. The van der Waals surface area contributed by atoms with Gasteiger partial charge in [-0.25, -0.2) is 13.8 Å². The largest absolute Gasteiger partial charge is 0.417 e. The summed E-state index contributed by atoms with van der Waals surface area (Å²) in [7, 11) is 0. The molecule has 0 saturated carbocycles. The molecular formula is C27H19F5N4O2S. The lowest BCUT2D eigenvalue weighted by atomic mass is 10.1. The first-order valence-electron chi connectivity index (χ1n) is 11.7. The molecule has 1 aliphatic rings. The molecule has 0 amide bonds. The average Bonchev–Trinajstić information content (AvgIpc) is 3.41. The SMILES string of the molecule is N#Cc1c(C(F)(F)F)cc(-c2ccc(-c3ccc(N4CCOCC4)nc3)s2)n(Cc2ccc(F)cc2F)c1=O. The molecule has 4 heterocycles. The van der Waals surface area contributed by atoms with Crippen molar-refractivity contribution in [3.63, 3.8) is 0 Å². The van der Waals surface area contributed by atoms with E-state index in [2.05, 4.69) is 9.88 Å².